The molecule has 3 rings (SSSR count). The Kier molecular flexibility index (Phi) is 3.60. The number of ether oxygens (including phenoxy) is 1. The Morgan fingerprint density at radius 3 is 2.95 bits per heavy atom. The molecule has 2 aliphatic heterocycles. The molecule has 1 amide bonds. The summed E-state index contributed by atoms with van der Waals surface area (Å²) in [6.45, 7) is 5.39. The highest BCUT2D eigenvalue weighted by atomic mass is 32.1. The number of thiophene rings is 1. The molecular weight excluding hydrogens is 260 g/mol. The first-order valence-electron chi connectivity index (χ1n) is 6.86. The summed E-state index contributed by atoms with van der Waals surface area (Å²) in [4.78, 5) is 15.2. The minimum Gasteiger partial charge on any atom is -0.363 e. The number of piperidine rings is 1. The molecule has 104 valence electrons. The predicted molar refractivity (Wildman–Crippen MR) is 75.1 cm³/mol. The van der Waals surface area contributed by atoms with Gasteiger partial charge in [-0.2, -0.15) is 0 Å². The van der Waals surface area contributed by atoms with Crippen LogP contribution in [0.3, 0.4) is 0 Å². The van der Waals surface area contributed by atoms with Gasteiger partial charge in [0.15, 0.2) is 0 Å². The van der Waals surface area contributed by atoms with Crippen molar-refractivity contribution in [2.45, 2.75) is 38.0 Å². The van der Waals surface area contributed by atoms with Gasteiger partial charge in [0.2, 0.25) is 5.91 Å². The molecule has 2 fully saturated rings. The van der Waals surface area contributed by atoms with E-state index in [2.05, 4.69) is 34.7 Å². The second-order valence-corrected chi connectivity index (χ2v) is 6.53. The van der Waals surface area contributed by atoms with E-state index in [1.54, 1.807) is 0 Å². The Balaban J connectivity index is 1.58. The van der Waals surface area contributed by atoms with Crippen LogP contribution in [0.15, 0.2) is 17.5 Å². The van der Waals surface area contributed by atoms with Gasteiger partial charge in [-0.3, -0.25) is 9.69 Å². The maximum absolute atomic E-state index is 11.3. The molecule has 0 unspecified atom stereocenters. The van der Waals surface area contributed by atoms with E-state index in [1.807, 2.05) is 11.3 Å². The summed E-state index contributed by atoms with van der Waals surface area (Å²) in [7, 11) is 0. The number of amides is 1. The summed E-state index contributed by atoms with van der Waals surface area (Å²) in [5.74, 6) is 0.0131. The lowest BCUT2D eigenvalue weighted by Gasteiger charge is -2.47. The van der Waals surface area contributed by atoms with Crippen LogP contribution in [0, 0.1) is 0 Å². The number of morpholine rings is 1. The molecule has 0 saturated carbocycles. The van der Waals surface area contributed by atoms with E-state index in [0.717, 1.165) is 32.5 Å². The van der Waals surface area contributed by atoms with Crippen LogP contribution in [0.4, 0.5) is 0 Å². The SMILES string of the molecule is C[C@@H]1NC(=O)COC12CCN(Cc1cccs1)CC2. The summed E-state index contributed by atoms with van der Waals surface area (Å²) in [5.41, 5.74) is -0.139. The standard InChI is InChI=1S/C14H20N2O2S/c1-11-14(18-10-13(17)15-11)4-6-16(7-5-14)9-12-3-2-8-19-12/h2-3,8,11H,4-7,9-10H2,1H3,(H,15,17)/t11-/m0/s1. The molecule has 5 heteroatoms. The van der Waals surface area contributed by atoms with Gasteiger partial charge < -0.3 is 10.1 Å². The van der Waals surface area contributed by atoms with Crippen LogP contribution in [0.5, 0.6) is 0 Å². The highest BCUT2D eigenvalue weighted by Gasteiger charge is 2.44. The number of hydrogen-bond acceptors (Lipinski definition) is 4. The van der Waals surface area contributed by atoms with Gasteiger partial charge in [-0.25, -0.2) is 0 Å². The molecule has 0 bridgehead atoms. The number of nitrogens with zero attached hydrogens (tertiary/aromatic N) is 1. The molecule has 19 heavy (non-hydrogen) atoms. The zero-order valence-electron chi connectivity index (χ0n) is 11.2. The van der Waals surface area contributed by atoms with E-state index >= 15 is 0 Å². The zero-order chi connectivity index (χ0) is 13.3. The summed E-state index contributed by atoms with van der Waals surface area (Å²) < 4.78 is 5.88. The van der Waals surface area contributed by atoms with E-state index in [9.17, 15) is 4.79 Å². The highest BCUT2D eigenvalue weighted by molar-refractivity contribution is 7.09. The van der Waals surface area contributed by atoms with Gasteiger partial charge in [-0.1, -0.05) is 6.07 Å². The molecule has 0 radical (unpaired) electrons. The molecule has 1 N–H and O–H groups in total. The third-order valence-electron chi connectivity index (χ3n) is 4.32. The maximum Gasteiger partial charge on any atom is 0.246 e. The van der Waals surface area contributed by atoms with Crippen molar-refractivity contribution in [1.29, 1.82) is 0 Å². The normalized spacial score (nSPS) is 27.4. The Labute approximate surface area is 117 Å². The van der Waals surface area contributed by atoms with Crippen LogP contribution in [-0.2, 0) is 16.1 Å². The first-order valence-corrected chi connectivity index (χ1v) is 7.74. The van der Waals surface area contributed by atoms with Crippen molar-refractivity contribution in [2.75, 3.05) is 19.7 Å². The lowest BCUT2D eigenvalue weighted by atomic mass is 9.83. The lowest BCUT2D eigenvalue weighted by Crippen LogP contribution is -2.62. The number of carbonyl (C=O) groups is 1. The van der Waals surface area contributed by atoms with Crippen molar-refractivity contribution in [1.82, 2.24) is 10.2 Å². The number of carbonyl (C=O) groups excluding carboxylic acids is 1. The van der Waals surface area contributed by atoms with E-state index < -0.39 is 0 Å². The molecule has 1 aromatic heterocycles. The van der Waals surface area contributed by atoms with E-state index in [-0.39, 0.29) is 24.2 Å². The van der Waals surface area contributed by atoms with Gasteiger partial charge >= 0.3 is 0 Å². The number of likely N-dealkylation sites (tertiary alicyclic amines) is 1. The summed E-state index contributed by atoms with van der Waals surface area (Å²) in [6, 6.07) is 4.42. The molecular formula is C14H20N2O2S. The van der Waals surface area contributed by atoms with Crippen LogP contribution in [0.2, 0.25) is 0 Å². The van der Waals surface area contributed by atoms with Crippen molar-refractivity contribution in [3.8, 4) is 0 Å². The topological polar surface area (TPSA) is 41.6 Å². The molecule has 1 atom stereocenters. The van der Waals surface area contributed by atoms with Crippen LogP contribution < -0.4 is 5.32 Å². The van der Waals surface area contributed by atoms with Gasteiger partial charge in [0.25, 0.3) is 0 Å². The average molecular weight is 280 g/mol. The van der Waals surface area contributed by atoms with Gasteiger partial charge in [-0.05, 0) is 31.2 Å². The summed E-state index contributed by atoms with van der Waals surface area (Å²) in [6.07, 6.45) is 2.00. The minimum absolute atomic E-state index is 0.0131. The fourth-order valence-electron chi connectivity index (χ4n) is 3.04. The first kappa shape index (κ1) is 13.1. The van der Waals surface area contributed by atoms with Gasteiger partial charge in [-0.15, -0.1) is 11.3 Å². The second kappa shape index (κ2) is 5.23. The lowest BCUT2D eigenvalue weighted by molar-refractivity contribution is -0.159. The molecule has 1 aromatic rings. The summed E-state index contributed by atoms with van der Waals surface area (Å²) >= 11 is 1.81. The number of rotatable bonds is 2. The van der Waals surface area contributed by atoms with Crippen molar-refractivity contribution in [3.05, 3.63) is 22.4 Å². The Hall–Kier alpha value is -0.910. The third-order valence-corrected chi connectivity index (χ3v) is 5.18. The minimum atomic E-state index is -0.139. The van der Waals surface area contributed by atoms with Crippen LogP contribution in [0.25, 0.3) is 0 Å². The van der Waals surface area contributed by atoms with E-state index in [0.29, 0.717) is 0 Å². The molecule has 2 aliphatic rings. The van der Waals surface area contributed by atoms with Crippen molar-refractivity contribution >= 4 is 17.2 Å². The largest absolute Gasteiger partial charge is 0.363 e. The Morgan fingerprint density at radius 2 is 2.32 bits per heavy atom. The van der Waals surface area contributed by atoms with E-state index in [1.165, 1.54) is 4.88 Å². The van der Waals surface area contributed by atoms with Crippen molar-refractivity contribution in [2.24, 2.45) is 0 Å². The smallest absolute Gasteiger partial charge is 0.246 e. The van der Waals surface area contributed by atoms with Crippen molar-refractivity contribution in [3.63, 3.8) is 0 Å². The van der Waals surface area contributed by atoms with Crippen LogP contribution in [-0.4, -0.2) is 42.1 Å². The van der Waals surface area contributed by atoms with Gasteiger partial charge in [0.05, 0.1) is 11.6 Å². The van der Waals surface area contributed by atoms with Gasteiger partial charge in [0, 0.05) is 24.5 Å². The molecule has 2 saturated heterocycles. The first-order chi connectivity index (χ1) is 9.18. The zero-order valence-corrected chi connectivity index (χ0v) is 12.0. The number of nitrogens with one attached hydrogen (secondary N) is 1. The summed E-state index contributed by atoms with van der Waals surface area (Å²) in [5, 5.41) is 5.15. The number of hydrogen-bond donors (Lipinski definition) is 1. The van der Waals surface area contributed by atoms with Gasteiger partial charge in [0.1, 0.15) is 6.61 Å². The second-order valence-electron chi connectivity index (χ2n) is 5.50. The fourth-order valence-corrected chi connectivity index (χ4v) is 3.79. The Morgan fingerprint density at radius 1 is 1.53 bits per heavy atom. The molecule has 0 aromatic carbocycles. The molecule has 3 heterocycles. The van der Waals surface area contributed by atoms with Crippen molar-refractivity contribution < 1.29 is 9.53 Å². The molecule has 4 nitrogen and oxygen atoms in total. The molecule has 1 spiro atoms. The highest BCUT2D eigenvalue weighted by Crippen LogP contribution is 2.32. The monoisotopic (exact) mass is 280 g/mol. The maximum atomic E-state index is 11.3. The van der Waals surface area contributed by atoms with Crippen LogP contribution in [0.1, 0.15) is 24.6 Å². The molecule has 0 aliphatic carbocycles. The van der Waals surface area contributed by atoms with E-state index in [4.69, 9.17) is 4.74 Å². The quantitative estimate of drug-likeness (QED) is 0.895. The third kappa shape index (κ3) is 2.68. The fraction of sp³-hybridized carbons (Fsp3) is 0.643. The average Bonchev–Trinajstić information content (AvgIpc) is 2.90. The Bertz CT molecular complexity index is 438. The van der Waals surface area contributed by atoms with Crippen LogP contribution >= 0.6 is 11.3 Å². The predicted octanol–water partition coefficient (Wildman–Crippen LogP) is 1.62.